The van der Waals surface area contributed by atoms with Crippen LogP contribution in [0.3, 0.4) is 0 Å². The fourth-order valence-corrected chi connectivity index (χ4v) is 1.44. The van der Waals surface area contributed by atoms with Gasteiger partial charge in [-0.25, -0.2) is 0 Å². The molecule has 0 spiro atoms. The Bertz CT molecular complexity index is 152. The molecule has 0 aromatic heterocycles. The normalized spacial score (nSPS) is 36.0. The lowest BCUT2D eigenvalue weighted by atomic mass is 9.90. The standard InChI is InChI=1S/C8H16N2O2/c1-2-11-12-8-4-3-6(9)5-7(8)10/h2,6-8H,1,3-5,9-10H2. The zero-order valence-corrected chi connectivity index (χ0v) is 7.11. The van der Waals surface area contributed by atoms with Gasteiger partial charge in [0.1, 0.15) is 12.4 Å². The summed E-state index contributed by atoms with van der Waals surface area (Å²) in [5, 5.41) is 0. The van der Waals surface area contributed by atoms with Crippen molar-refractivity contribution in [2.75, 3.05) is 0 Å². The molecule has 3 unspecified atom stereocenters. The van der Waals surface area contributed by atoms with Crippen molar-refractivity contribution >= 4 is 0 Å². The van der Waals surface area contributed by atoms with E-state index in [2.05, 4.69) is 11.5 Å². The fraction of sp³-hybridized carbons (Fsp3) is 0.750. The maximum atomic E-state index is 5.79. The van der Waals surface area contributed by atoms with Crippen LogP contribution < -0.4 is 11.5 Å². The van der Waals surface area contributed by atoms with E-state index < -0.39 is 0 Å². The van der Waals surface area contributed by atoms with Gasteiger partial charge in [-0.15, -0.1) is 0 Å². The molecule has 0 saturated heterocycles. The molecule has 12 heavy (non-hydrogen) atoms. The van der Waals surface area contributed by atoms with Gasteiger partial charge in [-0.3, -0.25) is 0 Å². The molecule has 1 aliphatic carbocycles. The molecule has 0 amide bonds. The fourth-order valence-electron chi connectivity index (χ4n) is 1.44. The summed E-state index contributed by atoms with van der Waals surface area (Å²) in [4.78, 5) is 9.62. The van der Waals surface area contributed by atoms with Crippen LogP contribution in [-0.2, 0) is 9.78 Å². The van der Waals surface area contributed by atoms with Gasteiger partial charge in [0.25, 0.3) is 0 Å². The van der Waals surface area contributed by atoms with Crippen LogP contribution in [0.15, 0.2) is 12.8 Å². The highest BCUT2D eigenvalue weighted by molar-refractivity contribution is 4.84. The Labute approximate surface area is 72.4 Å². The average Bonchev–Trinajstić information content (AvgIpc) is 2.03. The van der Waals surface area contributed by atoms with E-state index in [1.165, 1.54) is 6.26 Å². The summed E-state index contributed by atoms with van der Waals surface area (Å²) in [5.74, 6) is 0. The molecule has 3 atom stereocenters. The topological polar surface area (TPSA) is 70.5 Å². The molecule has 4 N–H and O–H groups in total. The molecular weight excluding hydrogens is 156 g/mol. The maximum absolute atomic E-state index is 5.79. The van der Waals surface area contributed by atoms with Crippen LogP contribution in [0, 0.1) is 0 Å². The second kappa shape index (κ2) is 4.45. The van der Waals surface area contributed by atoms with Crippen LogP contribution in [-0.4, -0.2) is 18.2 Å². The first-order valence-corrected chi connectivity index (χ1v) is 4.18. The van der Waals surface area contributed by atoms with Crippen molar-refractivity contribution in [3.63, 3.8) is 0 Å². The first-order valence-electron chi connectivity index (χ1n) is 4.18. The monoisotopic (exact) mass is 172 g/mol. The molecule has 0 radical (unpaired) electrons. The summed E-state index contributed by atoms with van der Waals surface area (Å²) >= 11 is 0. The summed E-state index contributed by atoms with van der Waals surface area (Å²) in [5.41, 5.74) is 11.5. The second-order valence-electron chi connectivity index (χ2n) is 3.13. The Morgan fingerprint density at radius 3 is 2.67 bits per heavy atom. The predicted octanol–water partition coefficient (Wildman–Crippen LogP) is 0.285. The molecule has 70 valence electrons. The molecule has 1 rings (SSSR count). The quantitative estimate of drug-likeness (QED) is 0.364. The van der Waals surface area contributed by atoms with E-state index in [0.717, 1.165) is 19.3 Å². The Morgan fingerprint density at radius 1 is 1.33 bits per heavy atom. The highest BCUT2D eigenvalue weighted by Gasteiger charge is 2.27. The summed E-state index contributed by atoms with van der Waals surface area (Å²) in [7, 11) is 0. The first-order chi connectivity index (χ1) is 5.74. The molecule has 0 aromatic carbocycles. The third-order valence-electron chi connectivity index (χ3n) is 2.12. The van der Waals surface area contributed by atoms with E-state index in [1.54, 1.807) is 0 Å². The largest absolute Gasteiger partial charge is 0.346 e. The first kappa shape index (κ1) is 9.51. The van der Waals surface area contributed by atoms with E-state index in [9.17, 15) is 0 Å². The molecule has 1 saturated carbocycles. The van der Waals surface area contributed by atoms with E-state index in [1.807, 2.05) is 0 Å². The van der Waals surface area contributed by atoms with E-state index in [0.29, 0.717) is 0 Å². The SMILES string of the molecule is C=COOC1CCC(N)CC1N. The van der Waals surface area contributed by atoms with Crippen LogP contribution >= 0.6 is 0 Å². The minimum absolute atomic E-state index is 0.0197. The van der Waals surface area contributed by atoms with Crippen molar-refractivity contribution in [2.24, 2.45) is 11.5 Å². The van der Waals surface area contributed by atoms with Gasteiger partial charge in [0.15, 0.2) is 0 Å². The highest BCUT2D eigenvalue weighted by Crippen LogP contribution is 2.19. The lowest BCUT2D eigenvalue weighted by Crippen LogP contribution is -2.46. The number of hydrogen-bond donors (Lipinski definition) is 2. The molecule has 0 heterocycles. The van der Waals surface area contributed by atoms with Crippen LogP contribution in [0.2, 0.25) is 0 Å². The van der Waals surface area contributed by atoms with Crippen LogP contribution in [0.5, 0.6) is 0 Å². The Hall–Kier alpha value is -0.580. The molecule has 1 aliphatic rings. The predicted molar refractivity (Wildman–Crippen MR) is 46.0 cm³/mol. The minimum Gasteiger partial charge on any atom is -0.346 e. The maximum Gasteiger partial charge on any atom is 0.122 e. The van der Waals surface area contributed by atoms with Crippen molar-refractivity contribution in [1.29, 1.82) is 0 Å². The third kappa shape index (κ3) is 2.48. The molecular formula is C8H16N2O2. The smallest absolute Gasteiger partial charge is 0.122 e. The van der Waals surface area contributed by atoms with Crippen molar-refractivity contribution in [3.05, 3.63) is 12.8 Å². The van der Waals surface area contributed by atoms with Gasteiger partial charge in [0, 0.05) is 12.1 Å². The van der Waals surface area contributed by atoms with Gasteiger partial charge >= 0.3 is 0 Å². The zero-order chi connectivity index (χ0) is 8.97. The van der Waals surface area contributed by atoms with E-state index in [-0.39, 0.29) is 18.2 Å². The van der Waals surface area contributed by atoms with Gasteiger partial charge < -0.3 is 16.4 Å². The van der Waals surface area contributed by atoms with E-state index >= 15 is 0 Å². The Balaban J connectivity index is 2.29. The molecule has 1 fully saturated rings. The average molecular weight is 172 g/mol. The zero-order valence-electron chi connectivity index (χ0n) is 7.11. The van der Waals surface area contributed by atoms with Gasteiger partial charge in [-0.05, 0) is 19.3 Å². The number of rotatable bonds is 3. The molecule has 0 aromatic rings. The number of nitrogens with two attached hydrogens (primary N) is 2. The van der Waals surface area contributed by atoms with Gasteiger partial charge in [0.05, 0.1) is 0 Å². The molecule has 4 nitrogen and oxygen atoms in total. The van der Waals surface area contributed by atoms with Crippen LogP contribution in [0.1, 0.15) is 19.3 Å². The van der Waals surface area contributed by atoms with Crippen molar-refractivity contribution < 1.29 is 9.78 Å². The summed E-state index contributed by atoms with van der Waals surface area (Å²) < 4.78 is 0. The highest BCUT2D eigenvalue weighted by atomic mass is 17.2. The van der Waals surface area contributed by atoms with Crippen LogP contribution in [0.25, 0.3) is 0 Å². The molecule has 0 aliphatic heterocycles. The summed E-state index contributed by atoms with van der Waals surface area (Å²) in [6.45, 7) is 3.37. The van der Waals surface area contributed by atoms with Gasteiger partial charge in [-0.1, -0.05) is 6.58 Å². The van der Waals surface area contributed by atoms with Gasteiger partial charge in [0.2, 0.25) is 0 Å². The lowest BCUT2D eigenvalue weighted by molar-refractivity contribution is -0.291. The summed E-state index contributed by atoms with van der Waals surface area (Å²) in [6, 6.07) is 0.192. The van der Waals surface area contributed by atoms with Crippen molar-refractivity contribution in [2.45, 2.75) is 37.5 Å². The molecule has 4 heteroatoms. The second-order valence-corrected chi connectivity index (χ2v) is 3.13. The lowest BCUT2D eigenvalue weighted by Gasteiger charge is -2.30. The molecule has 0 bridgehead atoms. The van der Waals surface area contributed by atoms with Gasteiger partial charge in [-0.2, -0.15) is 4.89 Å². The van der Waals surface area contributed by atoms with Crippen molar-refractivity contribution in [1.82, 2.24) is 0 Å². The Kier molecular flexibility index (Phi) is 3.52. The Morgan fingerprint density at radius 2 is 2.08 bits per heavy atom. The van der Waals surface area contributed by atoms with Crippen molar-refractivity contribution in [3.8, 4) is 0 Å². The number of hydrogen-bond acceptors (Lipinski definition) is 4. The minimum atomic E-state index is -0.0391. The van der Waals surface area contributed by atoms with Crippen LogP contribution in [0.4, 0.5) is 0 Å². The summed E-state index contributed by atoms with van der Waals surface area (Å²) in [6.07, 6.45) is 3.81. The van der Waals surface area contributed by atoms with E-state index in [4.69, 9.17) is 16.4 Å². The third-order valence-corrected chi connectivity index (χ3v) is 2.12.